The Balaban J connectivity index is 0.000000130. The minimum Gasteiger partial charge on any atom is -1.00 e. The van der Waals surface area contributed by atoms with Crippen LogP contribution >= 0.6 is 22.7 Å². The van der Waals surface area contributed by atoms with Crippen LogP contribution in [0.3, 0.4) is 0 Å². The summed E-state index contributed by atoms with van der Waals surface area (Å²) >= 11 is 3.51. The number of hydrogen-bond donors (Lipinski definition) is 1. The molecule has 8 nitrogen and oxygen atoms in total. The molecule has 0 atom stereocenters. The number of para-hydroxylation sites is 4. The number of imidazole rings is 1. The average Bonchev–Trinajstić information content (AvgIpc) is 4.22. The summed E-state index contributed by atoms with van der Waals surface area (Å²) in [4.78, 5) is 40.1. The number of benzene rings is 5. The van der Waals surface area contributed by atoms with E-state index in [1.807, 2.05) is 122 Å². The van der Waals surface area contributed by atoms with Crippen molar-refractivity contribution in [3.8, 4) is 43.2 Å². The zero-order valence-electron chi connectivity index (χ0n) is 36.8. The Labute approximate surface area is 435 Å². The smallest absolute Gasteiger partial charge is 1.00 e. The summed E-state index contributed by atoms with van der Waals surface area (Å²) in [5.41, 5.74) is 11.4. The normalized spacial score (nSPS) is 10.8. The molecule has 9 heterocycles. The first-order chi connectivity index (χ1) is 33.2. The number of nitrogens with zero attached hydrogens (tertiary/aromatic N) is 7. The van der Waals surface area contributed by atoms with Crippen LogP contribution in [0.4, 0.5) is 0 Å². The van der Waals surface area contributed by atoms with E-state index in [-0.39, 0.29) is 44.6 Å². The molecule has 334 valence electrons. The van der Waals surface area contributed by atoms with Gasteiger partial charge in [0, 0.05) is 54.5 Å². The van der Waals surface area contributed by atoms with Crippen LogP contribution < -0.4 is 24.8 Å². The van der Waals surface area contributed by atoms with E-state index in [0.29, 0.717) is 0 Å². The Bertz CT molecular complexity index is 3720. The predicted molar refractivity (Wildman–Crippen MR) is 278 cm³/mol. The van der Waals surface area contributed by atoms with E-state index in [2.05, 4.69) is 125 Å². The van der Waals surface area contributed by atoms with Crippen molar-refractivity contribution in [1.29, 1.82) is 0 Å². The predicted octanol–water partition coefficient (Wildman–Crippen LogP) is 9.02. The molecule has 13 heteroatoms. The van der Waals surface area contributed by atoms with E-state index >= 15 is 0 Å². The minimum absolute atomic E-state index is 0. The Kier molecular flexibility index (Phi) is 14.4. The van der Waals surface area contributed by atoms with Gasteiger partial charge in [-0.3, -0.25) is 9.97 Å². The van der Waals surface area contributed by atoms with Gasteiger partial charge in [0.1, 0.15) is 5.82 Å². The molecular weight excluding hydrogens is 1120 g/mol. The second kappa shape index (κ2) is 21.1. The second-order valence-electron chi connectivity index (χ2n) is 15.8. The number of aromatic amines is 1. The maximum absolute atomic E-state index is 4.95. The van der Waals surface area contributed by atoms with Gasteiger partial charge in [0.25, 0.3) is 0 Å². The molecule has 14 rings (SSSR count). The third-order valence-corrected chi connectivity index (χ3v) is 13.7. The number of aromatic nitrogens is 8. The molecular formula is C57H36Cl2N8OsS2+4. The fourth-order valence-corrected chi connectivity index (χ4v) is 10.1. The van der Waals surface area contributed by atoms with Gasteiger partial charge in [-0.1, -0.05) is 103 Å². The Hall–Kier alpha value is -7.35. The van der Waals surface area contributed by atoms with Crippen molar-refractivity contribution in [3.05, 3.63) is 212 Å². The van der Waals surface area contributed by atoms with Crippen molar-refractivity contribution in [1.82, 2.24) is 39.9 Å². The van der Waals surface area contributed by atoms with Crippen LogP contribution in [0.2, 0.25) is 0 Å². The van der Waals surface area contributed by atoms with Crippen molar-refractivity contribution >= 4 is 99.1 Å². The summed E-state index contributed by atoms with van der Waals surface area (Å²) in [5, 5.41) is 8.78. The molecule has 5 aromatic carbocycles. The number of hydrogen-bond acceptors (Lipinski definition) is 9. The van der Waals surface area contributed by atoms with E-state index < -0.39 is 0 Å². The molecule has 70 heavy (non-hydrogen) atoms. The molecule has 0 aliphatic carbocycles. The monoisotopic (exact) mass is 1160 g/mol. The fourth-order valence-electron chi connectivity index (χ4n) is 8.31. The quantitative estimate of drug-likeness (QED) is 0.176. The van der Waals surface area contributed by atoms with E-state index in [4.69, 9.17) is 4.98 Å². The van der Waals surface area contributed by atoms with Gasteiger partial charge < -0.3 is 29.8 Å². The Morgan fingerprint density at radius 1 is 0.343 bits per heavy atom. The molecule has 0 saturated heterocycles. The standard InChI is InChI=1S/C21H12N4S2.2C18H12N2.2ClH.Os/c1-4-12-17(22-9-1)18-13(5-2-10-23-18)20-19(12)24-21(25-20)16-8-7-15(27-16)14-6-3-11-26-14;2*1-3-7-15-13(5-1)9-11-17(19-15)18-12-10-14-6-2-4-8-16(14)20-18;;;/h1-11H,(H,24,25);2*1-12H;2*1H;/q;;;;;+6/p-2. The zero-order valence-corrected chi connectivity index (χ0v) is 42.4. The number of thiophene rings is 2. The summed E-state index contributed by atoms with van der Waals surface area (Å²) < 4.78 is 0. The number of nitrogens with one attached hydrogen (secondary N) is 1. The van der Waals surface area contributed by atoms with E-state index in [9.17, 15) is 0 Å². The molecule has 0 radical (unpaired) electrons. The van der Waals surface area contributed by atoms with Crippen LogP contribution in [0.15, 0.2) is 212 Å². The van der Waals surface area contributed by atoms with Gasteiger partial charge in [-0.15, -0.1) is 22.7 Å². The van der Waals surface area contributed by atoms with Crippen molar-refractivity contribution in [2.75, 3.05) is 0 Å². The SMILES string of the molecule is [Cl-].[Cl-].[Os+6].c1ccc2nc(-c3ccc4ccccc4n3)ccc2c1.c1ccc2nc(-c3ccc4ccccc4n3)ccc2c1.c1csc(-c2ccc(-c3nc4c5cccnc5c5ncccc5c4[nH]3)s2)c1. The molecule has 0 spiro atoms. The number of fused-ring (bicyclic) bond motifs is 10. The van der Waals surface area contributed by atoms with Gasteiger partial charge in [-0.2, -0.15) is 0 Å². The number of H-pyrrole nitrogens is 1. The molecule has 0 aliphatic heterocycles. The van der Waals surface area contributed by atoms with E-state index in [1.54, 1.807) is 22.7 Å². The first-order valence-corrected chi connectivity index (χ1v) is 23.5. The Morgan fingerprint density at radius 2 is 0.771 bits per heavy atom. The molecule has 0 saturated carbocycles. The molecule has 9 aromatic heterocycles. The van der Waals surface area contributed by atoms with Crippen LogP contribution in [0.1, 0.15) is 0 Å². The average molecular weight is 1160 g/mol. The van der Waals surface area contributed by atoms with Crippen molar-refractivity contribution in [3.63, 3.8) is 0 Å². The van der Waals surface area contributed by atoms with Gasteiger partial charge in [0.2, 0.25) is 0 Å². The summed E-state index contributed by atoms with van der Waals surface area (Å²) in [6, 6.07) is 65.6. The topological polar surface area (TPSA) is 106 Å². The van der Waals surface area contributed by atoms with Gasteiger partial charge in [0.05, 0.1) is 71.8 Å². The van der Waals surface area contributed by atoms with Gasteiger partial charge >= 0.3 is 19.8 Å². The van der Waals surface area contributed by atoms with Gasteiger partial charge in [-0.05, 0) is 96.4 Å². The maximum atomic E-state index is 4.95. The first-order valence-electron chi connectivity index (χ1n) is 21.8. The van der Waals surface area contributed by atoms with Crippen molar-refractivity contribution < 1.29 is 44.6 Å². The maximum Gasteiger partial charge on any atom is 6.00 e. The van der Waals surface area contributed by atoms with E-state index in [1.165, 1.54) is 9.75 Å². The third-order valence-electron chi connectivity index (χ3n) is 11.6. The van der Waals surface area contributed by atoms with E-state index in [0.717, 1.165) is 110 Å². The van der Waals surface area contributed by atoms with Crippen LogP contribution in [-0.2, 0) is 19.8 Å². The molecule has 0 amide bonds. The summed E-state index contributed by atoms with van der Waals surface area (Å²) in [7, 11) is 0. The minimum atomic E-state index is 0. The van der Waals surface area contributed by atoms with Crippen LogP contribution in [-0.4, -0.2) is 39.9 Å². The molecule has 0 unspecified atom stereocenters. The van der Waals surface area contributed by atoms with Crippen LogP contribution in [0.25, 0.3) is 120 Å². The van der Waals surface area contributed by atoms with Crippen LogP contribution in [0, 0.1) is 0 Å². The molecule has 0 aliphatic rings. The summed E-state index contributed by atoms with van der Waals surface area (Å²) in [5.74, 6) is 0.888. The number of pyridine rings is 6. The van der Waals surface area contributed by atoms with Gasteiger partial charge in [0.15, 0.2) is 0 Å². The largest absolute Gasteiger partial charge is 6.00 e. The summed E-state index contributed by atoms with van der Waals surface area (Å²) in [6.07, 6.45) is 3.62. The van der Waals surface area contributed by atoms with Crippen molar-refractivity contribution in [2.45, 2.75) is 0 Å². The van der Waals surface area contributed by atoms with Crippen molar-refractivity contribution in [2.24, 2.45) is 0 Å². The molecule has 14 aromatic rings. The van der Waals surface area contributed by atoms with Crippen LogP contribution in [0.5, 0.6) is 0 Å². The fraction of sp³-hybridized carbons (Fsp3) is 0. The summed E-state index contributed by atoms with van der Waals surface area (Å²) in [6.45, 7) is 0. The second-order valence-corrected chi connectivity index (χ2v) is 17.8. The first kappa shape index (κ1) is 47.7. The molecule has 0 bridgehead atoms. The zero-order chi connectivity index (χ0) is 44.5. The molecule has 0 fully saturated rings. The molecule has 1 N–H and O–H groups in total. The van der Waals surface area contributed by atoms with Gasteiger partial charge in [-0.25, -0.2) is 24.9 Å². The number of halogens is 2. The number of rotatable bonds is 4. The third kappa shape index (κ3) is 9.51. The Morgan fingerprint density at radius 3 is 1.23 bits per heavy atom.